The summed E-state index contributed by atoms with van der Waals surface area (Å²) >= 11 is 0. The smallest absolute Gasteiger partial charge is 0.208 e. The van der Waals surface area contributed by atoms with Crippen LogP contribution in [0.5, 0.6) is 0 Å². The summed E-state index contributed by atoms with van der Waals surface area (Å²) in [4.78, 5) is 4.48. The van der Waals surface area contributed by atoms with Gasteiger partial charge in [0.25, 0.3) is 0 Å². The van der Waals surface area contributed by atoms with E-state index in [2.05, 4.69) is 15.2 Å². The molecule has 1 heterocycles. The molecular weight excluding hydrogens is 96.0 g/mol. The van der Waals surface area contributed by atoms with Crippen molar-refractivity contribution in [3.8, 4) is 0 Å². The standard InChI is InChI=1S/C3H6N2O2/c1-6-3-2-7-5-4-3/h3H,2H2,1H3. The molecule has 0 N–H and O–H groups in total. The molecule has 0 aliphatic carbocycles. The van der Waals surface area contributed by atoms with Gasteiger partial charge in [-0.1, -0.05) is 0 Å². The van der Waals surface area contributed by atoms with Crippen LogP contribution in [-0.4, -0.2) is 19.9 Å². The minimum absolute atomic E-state index is 0.167. The summed E-state index contributed by atoms with van der Waals surface area (Å²) in [6, 6.07) is 0. The van der Waals surface area contributed by atoms with Crippen LogP contribution in [0.3, 0.4) is 0 Å². The predicted molar refractivity (Wildman–Crippen MR) is 21.6 cm³/mol. The third-order valence-corrected chi connectivity index (χ3v) is 0.723. The fourth-order valence-corrected chi connectivity index (χ4v) is 0.332. The van der Waals surface area contributed by atoms with Crippen LogP contribution >= 0.6 is 0 Å². The Morgan fingerprint density at radius 2 is 2.71 bits per heavy atom. The summed E-state index contributed by atoms with van der Waals surface area (Å²) in [5.41, 5.74) is 0. The van der Waals surface area contributed by atoms with Crippen LogP contribution in [0.4, 0.5) is 0 Å². The minimum Gasteiger partial charge on any atom is -0.375 e. The van der Waals surface area contributed by atoms with Crippen molar-refractivity contribution in [2.75, 3.05) is 13.7 Å². The molecule has 4 nitrogen and oxygen atoms in total. The molecule has 1 unspecified atom stereocenters. The maximum absolute atomic E-state index is 4.73. The molecule has 7 heavy (non-hydrogen) atoms. The summed E-state index contributed by atoms with van der Waals surface area (Å²) in [7, 11) is 1.57. The van der Waals surface area contributed by atoms with E-state index < -0.39 is 0 Å². The van der Waals surface area contributed by atoms with Gasteiger partial charge in [0, 0.05) is 12.4 Å². The lowest BCUT2D eigenvalue weighted by atomic mass is 10.6. The van der Waals surface area contributed by atoms with Gasteiger partial charge >= 0.3 is 0 Å². The second-order valence-electron chi connectivity index (χ2n) is 1.18. The van der Waals surface area contributed by atoms with Crippen molar-refractivity contribution in [1.82, 2.24) is 0 Å². The van der Waals surface area contributed by atoms with E-state index in [1.165, 1.54) is 0 Å². The number of methoxy groups -OCH3 is 1. The predicted octanol–water partition coefficient (Wildman–Crippen LogP) is 0.356. The fourth-order valence-electron chi connectivity index (χ4n) is 0.332. The molecule has 0 aromatic rings. The van der Waals surface area contributed by atoms with E-state index in [0.29, 0.717) is 6.61 Å². The van der Waals surface area contributed by atoms with Crippen LogP contribution in [-0.2, 0) is 9.57 Å². The van der Waals surface area contributed by atoms with Crippen LogP contribution in [0.25, 0.3) is 0 Å². The summed E-state index contributed by atoms with van der Waals surface area (Å²) in [5.74, 6) is 0. The summed E-state index contributed by atoms with van der Waals surface area (Å²) in [5, 5.41) is 6.77. The fraction of sp³-hybridized carbons (Fsp3) is 1.00. The van der Waals surface area contributed by atoms with Crippen LogP contribution in [0.2, 0.25) is 0 Å². The summed E-state index contributed by atoms with van der Waals surface area (Å²) < 4.78 is 4.73. The highest BCUT2D eigenvalue weighted by atomic mass is 16.7. The van der Waals surface area contributed by atoms with E-state index in [0.717, 1.165) is 0 Å². The first-order valence-corrected chi connectivity index (χ1v) is 1.98. The van der Waals surface area contributed by atoms with Crippen molar-refractivity contribution in [2.24, 2.45) is 10.4 Å². The highest BCUT2D eigenvalue weighted by molar-refractivity contribution is 4.48. The summed E-state index contributed by atoms with van der Waals surface area (Å²) in [6.07, 6.45) is -0.167. The molecule has 1 aliphatic heterocycles. The van der Waals surface area contributed by atoms with Crippen LogP contribution in [0, 0.1) is 0 Å². The first-order chi connectivity index (χ1) is 3.43. The van der Waals surface area contributed by atoms with Gasteiger partial charge in [-0.25, -0.2) is 0 Å². The van der Waals surface area contributed by atoms with Crippen molar-refractivity contribution in [1.29, 1.82) is 0 Å². The largest absolute Gasteiger partial charge is 0.375 e. The lowest BCUT2D eigenvalue weighted by molar-refractivity contribution is 0.0640. The van der Waals surface area contributed by atoms with Crippen LogP contribution in [0.1, 0.15) is 0 Å². The van der Waals surface area contributed by atoms with Crippen molar-refractivity contribution in [3.63, 3.8) is 0 Å². The van der Waals surface area contributed by atoms with Crippen LogP contribution in [0.15, 0.2) is 10.4 Å². The first-order valence-electron chi connectivity index (χ1n) is 1.98. The Morgan fingerprint density at radius 1 is 1.86 bits per heavy atom. The molecule has 0 amide bonds. The highest BCUT2D eigenvalue weighted by Gasteiger charge is 2.09. The lowest BCUT2D eigenvalue weighted by Gasteiger charge is -1.94. The lowest BCUT2D eigenvalue weighted by Crippen LogP contribution is -2.07. The molecule has 0 bridgehead atoms. The number of hydrogen-bond acceptors (Lipinski definition) is 4. The normalized spacial score (nSPS) is 27.9. The Bertz CT molecular complexity index is 83.0. The number of ether oxygens (including phenoxy) is 1. The molecule has 0 spiro atoms. The van der Waals surface area contributed by atoms with Gasteiger partial charge in [-0.05, 0) is 0 Å². The molecule has 0 radical (unpaired) electrons. The van der Waals surface area contributed by atoms with E-state index >= 15 is 0 Å². The topological polar surface area (TPSA) is 43.2 Å². The van der Waals surface area contributed by atoms with Crippen LogP contribution < -0.4 is 0 Å². The van der Waals surface area contributed by atoms with Gasteiger partial charge in [0.2, 0.25) is 6.23 Å². The third kappa shape index (κ3) is 0.866. The molecule has 0 saturated heterocycles. The number of nitrogens with zero attached hydrogens (tertiary/aromatic N) is 2. The van der Waals surface area contributed by atoms with Crippen molar-refractivity contribution >= 4 is 0 Å². The summed E-state index contributed by atoms with van der Waals surface area (Å²) in [6.45, 7) is 0.455. The van der Waals surface area contributed by atoms with E-state index in [1.54, 1.807) is 7.11 Å². The van der Waals surface area contributed by atoms with E-state index in [-0.39, 0.29) is 6.23 Å². The molecule has 40 valence electrons. The third-order valence-electron chi connectivity index (χ3n) is 0.723. The van der Waals surface area contributed by atoms with Crippen molar-refractivity contribution in [3.05, 3.63) is 0 Å². The molecular formula is C3H6N2O2. The van der Waals surface area contributed by atoms with Gasteiger partial charge in [0.1, 0.15) is 0 Å². The second-order valence-corrected chi connectivity index (χ2v) is 1.18. The minimum atomic E-state index is -0.167. The van der Waals surface area contributed by atoms with Gasteiger partial charge in [-0.2, -0.15) is 0 Å². The Kier molecular flexibility index (Phi) is 1.21. The second kappa shape index (κ2) is 1.88. The zero-order valence-electron chi connectivity index (χ0n) is 4.00. The Labute approximate surface area is 41.1 Å². The van der Waals surface area contributed by atoms with Crippen molar-refractivity contribution in [2.45, 2.75) is 6.23 Å². The number of hydrogen-bond donors (Lipinski definition) is 0. The zero-order valence-corrected chi connectivity index (χ0v) is 4.00. The maximum Gasteiger partial charge on any atom is 0.208 e. The van der Waals surface area contributed by atoms with E-state index in [9.17, 15) is 0 Å². The quantitative estimate of drug-likeness (QED) is 0.479. The molecule has 1 atom stereocenters. The molecule has 1 aliphatic rings. The molecule has 0 aromatic heterocycles. The van der Waals surface area contributed by atoms with Gasteiger partial charge in [-0.3, -0.25) is 0 Å². The SMILES string of the molecule is COC1CON=N1. The van der Waals surface area contributed by atoms with Crippen molar-refractivity contribution < 1.29 is 9.57 Å². The Morgan fingerprint density at radius 3 is 3.00 bits per heavy atom. The number of rotatable bonds is 1. The Hall–Kier alpha value is -0.640. The van der Waals surface area contributed by atoms with E-state index in [1.807, 2.05) is 0 Å². The van der Waals surface area contributed by atoms with Gasteiger partial charge in [0.05, 0.1) is 0 Å². The average molecular weight is 102 g/mol. The van der Waals surface area contributed by atoms with Gasteiger partial charge < -0.3 is 9.57 Å². The molecule has 4 heteroatoms. The molecule has 0 aromatic carbocycles. The van der Waals surface area contributed by atoms with Gasteiger partial charge in [0.15, 0.2) is 6.61 Å². The monoisotopic (exact) mass is 102 g/mol. The zero-order chi connectivity index (χ0) is 5.11. The molecule has 0 saturated carbocycles. The van der Waals surface area contributed by atoms with E-state index in [4.69, 9.17) is 4.74 Å². The molecule has 0 fully saturated rings. The maximum atomic E-state index is 4.73. The van der Waals surface area contributed by atoms with Gasteiger partial charge in [-0.15, -0.1) is 5.11 Å². The Balaban J connectivity index is 2.28. The molecule has 1 rings (SSSR count). The first kappa shape index (κ1) is 4.52. The average Bonchev–Trinajstić information content (AvgIpc) is 2.14. The highest BCUT2D eigenvalue weighted by Crippen LogP contribution is 2.01.